The third-order valence-corrected chi connectivity index (χ3v) is 3.91. The Bertz CT molecular complexity index is 586. The number of esters is 1. The van der Waals surface area contributed by atoms with Gasteiger partial charge in [-0.15, -0.1) is 0 Å². The predicted octanol–water partition coefficient (Wildman–Crippen LogP) is 2.67. The van der Waals surface area contributed by atoms with Crippen molar-refractivity contribution in [1.29, 1.82) is 0 Å². The number of rotatable bonds is 9. The maximum absolute atomic E-state index is 12.4. The molecule has 7 nitrogen and oxygen atoms in total. The Hall–Kier alpha value is -2.57. The largest absolute Gasteiger partial charge is 0.462 e. The summed E-state index contributed by atoms with van der Waals surface area (Å²) in [4.78, 5) is 35.3. The zero-order valence-corrected chi connectivity index (χ0v) is 15.0. The highest BCUT2D eigenvalue weighted by Crippen LogP contribution is 2.14. The second-order valence-electron chi connectivity index (χ2n) is 5.93. The predicted molar refractivity (Wildman–Crippen MR) is 96.2 cm³/mol. The summed E-state index contributed by atoms with van der Waals surface area (Å²) in [6.45, 7) is 6.19. The van der Waals surface area contributed by atoms with Gasteiger partial charge in [0, 0.05) is 5.69 Å². The number of ether oxygens (including phenoxy) is 1. The SMILES string of the molecule is CCCCOC(=O)c1ccc(NC(=O)C(NC(N)=O)C(C)CC)cc1. The topological polar surface area (TPSA) is 111 Å². The lowest BCUT2D eigenvalue weighted by Gasteiger charge is -2.22. The number of urea groups is 1. The van der Waals surface area contributed by atoms with Crippen molar-refractivity contribution in [2.75, 3.05) is 11.9 Å². The lowest BCUT2D eigenvalue weighted by atomic mass is 9.98. The van der Waals surface area contributed by atoms with E-state index in [1.54, 1.807) is 24.3 Å². The second-order valence-corrected chi connectivity index (χ2v) is 5.93. The van der Waals surface area contributed by atoms with E-state index in [0.29, 0.717) is 24.3 Å². The monoisotopic (exact) mass is 349 g/mol. The fourth-order valence-electron chi connectivity index (χ4n) is 2.16. The number of nitrogens with two attached hydrogens (primary N) is 1. The van der Waals surface area contributed by atoms with Crippen LogP contribution < -0.4 is 16.4 Å². The number of carbonyl (C=O) groups is 3. The molecule has 0 aliphatic heterocycles. The Morgan fingerprint density at radius 2 is 1.80 bits per heavy atom. The molecule has 0 fully saturated rings. The molecule has 3 amide bonds. The summed E-state index contributed by atoms with van der Waals surface area (Å²) < 4.78 is 5.13. The summed E-state index contributed by atoms with van der Waals surface area (Å²) >= 11 is 0. The highest BCUT2D eigenvalue weighted by atomic mass is 16.5. The molecule has 1 rings (SSSR count). The molecule has 2 unspecified atom stereocenters. The Balaban J connectivity index is 2.70. The van der Waals surface area contributed by atoms with Gasteiger partial charge < -0.3 is 21.1 Å². The van der Waals surface area contributed by atoms with Crippen LogP contribution in [0.15, 0.2) is 24.3 Å². The summed E-state index contributed by atoms with van der Waals surface area (Å²) in [6.07, 6.45) is 2.49. The molecule has 0 aromatic heterocycles. The zero-order valence-electron chi connectivity index (χ0n) is 15.0. The molecule has 1 aromatic carbocycles. The second kappa shape index (κ2) is 10.3. The molecule has 0 aliphatic rings. The van der Waals surface area contributed by atoms with Crippen molar-refractivity contribution in [3.05, 3.63) is 29.8 Å². The molecule has 0 bridgehead atoms. The molecule has 138 valence electrons. The standard InChI is InChI=1S/C18H27N3O4/c1-4-6-11-25-17(23)13-7-9-14(10-8-13)20-16(22)15(12(3)5-2)21-18(19)24/h7-10,12,15H,4-6,11H2,1-3H3,(H,20,22)(H3,19,21,24). The van der Waals surface area contributed by atoms with E-state index in [0.717, 1.165) is 12.8 Å². The minimum Gasteiger partial charge on any atom is -0.462 e. The van der Waals surface area contributed by atoms with Gasteiger partial charge in [-0.3, -0.25) is 4.79 Å². The number of hydrogen-bond acceptors (Lipinski definition) is 4. The van der Waals surface area contributed by atoms with Crippen LogP contribution in [-0.4, -0.2) is 30.6 Å². The molecule has 0 spiro atoms. The quantitative estimate of drug-likeness (QED) is 0.470. The zero-order chi connectivity index (χ0) is 18.8. The molecule has 7 heteroatoms. The maximum atomic E-state index is 12.4. The molecule has 4 N–H and O–H groups in total. The smallest absolute Gasteiger partial charge is 0.338 e. The number of primary amides is 1. The fraction of sp³-hybridized carbons (Fsp3) is 0.500. The van der Waals surface area contributed by atoms with Gasteiger partial charge in [-0.05, 0) is 36.6 Å². The Labute approximate surface area is 148 Å². The lowest BCUT2D eigenvalue weighted by Crippen LogP contribution is -2.49. The van der Waals surface area contributed by atoms with Crippen LogP contribution in [0.25, 0.3) is 0 Å². The average Bonchev–Trinajstić information content (AvgIpc) is 2.59. The van der Waals surface area contributed by atoms with E-state index in [1.807, 2.05) is 20.8 Å². The molecule has 2 atom stereocenters. The third kappa shape index (κ3) is 6.82. The van der Waals surface area contributed by atoms with Gasteiger partial charge in [0.05, 0.1) is 12.2 Å². The van der Waals surface area contributed by atoms with Crippen molar-refractivity contribution in [2.24, 2.45) is 11.7 Å². The average molecular weight is 349 g/mol. The highest BCUT2D eigenvalue weighted by Gasteiger charge is 2.25. The van der Waals surface area contributed by atoms with Gasteiger partial charge in [-0.25, -0.2) is 9.59 Å². The summed E-state index contributed by atoms with van der Waals surface area (Å²) in [7, 11) is 0. The Morgan fingerprint density at radius 1 is 1.16 bits per heavy atom. The summed E-state index contributed by atoms with van der Waals surface area (Å²) in [5.74, 6) is -0.814. The van der Waals surface area contributed by atoms with Gasteiger partial charge in [-0.2, -0.15) is 0 Å². The maximum Gasteiger partial charge on any atom is 0.338 e. The number of hydrogen-bond donors (Lipinski definition) is 3. The first-order valence-electron chi connectivity index (χ1n) is 8.53. The third-order valence-electron chi connectivity index (χ3n) is 3.91. The molecule has 1 aromatic rings. The summed E-state index contributed by atoms with van der Waals surface area (Å²) in [5, 5.41) is 5.18. The van der Waals surface area contributed by atoms with E-state index in [2.05, 4.69) is 10.6 Å². The van der Waals surface area contributed by atoms with Crippen LogP contribution in [0, 0.1) is 5.92 Å². The number of amides is 3. The van der Waals surface area contributed by atoms with Gasteiger partial charge in [0.1, 0.15) is 6.04 Å². The van der Waals surface area contributed by atoms with Crippen molar-refractivity contribution in [3.63, 3.8) is 0 Å². The number of unbranched alkanes of at least 4 members (excludes halogenated alkanes) is 1. The summed E-state index contributed by atoms with van der Waals surface area (Å²) in [5.41, 5.74) is 6.08. The van der Waals surface area contributed by atoms with E-state index in [4.69, 9.17) is 10.5 Å². The first-order valence-corrected chi connectivity index (χ1v) is 8.53. The number of anilines is 1. The van der Waals surface area contributed by atoms with Crippen LogP contribution in [-0.2, 0) is 9.53 Å². The first kappa shape index (κ1) is 20.5. The van der Waals surface area contributed by atoms with Crippen molar-refractivity contribution in [3.8, 4) is 0 Å². The number of nitrogens with one attached hydrogen (secondary N) is 2. The Kier molecular flexibility index (Phi) is 8.46. The molecular weight excluding hydrogens is 322 g/mol. The van der Waals surface area contributed by atoms with Crippen molar-refractivity contribution < 1.29 is 19.1 Å². The highest BCUT2D eigenvalue weighted by molar-refractivity contribution is 5.97. The number of carbonyl (C=O) groups excluding carboxylic acids is 3. The van der Waals surface area contributed by atoms with Gasteiger partial charge in [0.2, 0.25) is 5.91 Å². The summed E-state index contributed by atoms with van der Waals surface area (Å²) in [6, 6.07) is 4.94. The molecule has 0 saturated heterocycles. The van der Waals surface area contributed by atoms with Crippen LogP contribution in [0.2, 0.25) is 0 Å². The minimum atomic E-state index is -0.745. The van der Waals surface area contributed by atoms with Crippen LogP contribution in [0.5, 0.6) is 0 Å². The van der Waals surface area contributed by atoms with E-state index < -0.39 is 12.1 Å². The van der Waals surface area contributed by atoms with Crippen LogP contribution in [0.4, 0.5) is 10.5 Å². The molecule has 0 heterocycles. The van der Waals surface area contributed by atoms with Crippen LogP contribution in [0.1, 0.15) is 50.4 Å². The number of benzene rings is 1. The van der Waals surface area contributed by atoms with E-state index in [9.17, 15) is 14.4 Å². The molecule has 0 saturated carbocycles. The lowest BCUT2D eigenvalue weighted by molar-refractivity contribution is -0.119. The van der Waals surface area contributed by atoms with Gasteiger partial charge in [0.15, 0.2) is 0 Å². The fourth-order valence-corrected chi connectivity index (χ4v) is 2.16. The first-order chi connectivity index (χ1) is 11.9. The van der Waals surface area contributed by atoms with E-state index in [1.165, 1.54) is 0 Å². The molecule has 0 radical (unpaired) electrons. The normalized spacial score (nSPS) is 12.8. The van der Waals surface area contributed by atoms with Crippen molar-refractivity contribution >= 4 is 23.6 Å². The van der Waals surface area contributed by atoms with Crippen molar-refractivity contribution in [2.45, 2.75) is 46.1 Å². The van der Waals surface area contributed by atoms with Crippen molar-refractivity contribution in [1.82, 2.24) is 5.32 Å². The van der Waals surface area contributed by atoms with Gasteiger partial charge >= 0.3 is 12.0 Å². The molecule has 25 heavy (non-hydrogen) atoms. The Morgan fingerprint density at radius 3 is 2.32 bits per heavy atom. The van der Waals surface area contributed by atoms with E-state index >= 15 is 0 Å². The van der Waals surface area contributed by atoms with Gasteiger partial charge in [-0.1, -0.05) is 33.6 Å². The van der Waals surface area contributed by atoms with E-state index in [-0.39, 0.29) is 17.8 Å². The molecular formula is C18H27N3O4. The minimum absolute atomic E-state index is 0.0692. The van der Waals surface area contributed by atoms with Crippen LogP contribution in [0.3, 0.4) is 0 Å². The van der Waals surface area contributed by atoms with Crippen LogP contribution >= 0.6 is 0 Å². The van der Waals surface area contributed by atoms with Gasteiger partial charge in [0.25, 0.3) is 0 Å². The molecule has 0 aliphatic carbocycles.